The van der Waals surface area contributed by atoms with Crippen molar-refractivity contribution >= 4 is 17.4 Å². The van der Waals surface area contributed by atoms with E-state index in [1.807, 2.05) is 13.8 Å². The van der Waals surface area contributed by atoms with Crippen molar-refractivity contribution in [1.82, 2.24) is 19.7 Å². The van der Waals surface area contributed by atoms with Crippen molar-refractivity contribution in [2.24, 2.45) is 5.84 Å². The SMILES string of the molecule is Cc1nn(-c2ncnc(NN)c2C(C)C)c(C)c1Cl. The van der Waals surface area contributed by atoms with Crippen LogP contribution in [0, 0.1) is 13.8 Å². The van der Waals surface area contributed by atoms with Gasteiger partial charge in [0.25, 0.3) is 0 Å². The molecule has 0 aromatic carbocycles. The lowest BCUT2D eigenvalue weighted by atomic mass is 10.0. The molecule has 0 amide bonds. The van der Waals surface area contributed by atoms with E-state index in [-0.39, 0.29) is 5.92 Å². The maximum absolute atomic E-state index is 6.19. The molecule has 0 saturated carbocycles. The molecule has 0 aliphatic rings. The lowest BCUT2D eigenvalue weighted by Crippen LogP contribution is -2.16. The van der Waals surface area contributed by atoms with E-state index in [2.05, 4.69) is 34.3 Å². The fraction of sp³-hybridized carbons (Fsp3) is 0.417. The molecule has 0 aliphatic carbocycles. The predicted molar refractivity (Wildman–Crippen MR) is 75.5 cm³/mol. The van der Waals surface area contributed by atoms with Gasteiger partial charge in [-0.2, -0.15) is 5.10 Å². The Balaban J connectivity index is 2.71. The van der Waals surface area contributed by atoms with Crippen LogP contribution in [-0.2, 0) is 0 Å². The molecule has 2 rings (SSSR count). The van der Waals surface area contributed by atoms with E-state index in [1.165, 1.54) is 6.33 Å². The third-order valence-electron chi connectivity index (χ3n) is 2.98. The number of anilines is 1. The van der Waals surface area contributed by atoms with Crippen LogP contribution in [0.3, 0.4) is 0 Å². The predicted octanol–water partition coefficient (Wildman–Crippen LogP) is 2.34. The molecule has 19 heavy (non-hydrogen) atoms. The first-order chi connectivity index (χ1) is 8.97. The third kappa shape index (κ3) is 2.29. The Bertz CT molecular complexity index is 605. The average molecular weight is 281 g/mol. The standard InChI is InChI=1S/C12H17ClN6/c1-6(2)9-11(17-14)15-5-16-12(9)19-8(4)10(13)7(3)18-19/h5-6H,14H2,1-4H3,(H,15,16,17). The molecule has 0 saturated heterocycles. The van der Waals surface area contributed by atoms with E-state index in [9.17, 15) is 0 Å². The number of nitrogens with one attached hydrogen (secondary N) is 1. The Morgan fingerprint density at radius 1 is 1.32 bits per heavy atom. The van der Waals surface area contributed by atoms with Crippen molar-refractivity contribution in [3.63, 3.8) is 0 Å². The number of nitrogens with two attached hydrogens (primary N) is 1. The van der Waals surface area contributed by atoms with Gasteiger partial charge >= 0.3 is 0 Å². The highest BCUT2D eigenvalue weighted by Gasteiger charge is 2.19. The largest absolute Gasteiger partial charge is 0.308 e. The first kappa shape index (κ1) is 13.8. The highest BCUT2D eigenvalue weighted by Crippen LogP contribution is 2.29. The molecule has 3 N–H and O–H groups in total. The third-order valence-corrected chi connectivity index (χ3v) is 3.53. The first-order valence-corrected chi connectivity index (χ1v) is 6.38. The lowest BCUT2D eigenvalue weighted by Gasteiger charge is -2.15. The molecule has 2 heterocycles. The second-order valence-electron chi connectivity index (χ2n) is 4.66. The molecule has 2 aromatic heterocycles. The maximum atomic E-state index is 6.19. The topological polar surface area (TPSA) is 81.7 Å². The molecule has 7 heteroatoms. The van der Waals surface area contributed by atoms with Gasteiger partial charge in [-0.25, -0.2) is 20.5 Å². The van der Waals surface area contributed by atoms with Gasteiger partial charge in [-0.15, -0.1) is 0 Å². The summed E-state index contributed by atoms with van der Waals surface area (Å²) >= 11 is 6.19. The van der Waals surface area contributed by atoms with Gasteiger partial charge in [0.1, 0.15) is 12.1 Å². The fourth-order valence-corrected chi connectivity index (χ4v) is 2.15. The van der Waals surface area contributed by atoms with Crippen LogP contribution in [0.25, 0.3) is 5.82 Å². The number of aryl methyl sites for hydroxylation is 1. The van der Waals surface area contributed by atoms with Crippen LogP contribution in [0.5, 0.6) is 0 Å². The Morgan fingerprint density at radius 2 is 2.00 bits per heavy atom. The Labute approximate surface area is 117 Å². The van der Waals surface area contributed by atoms with Crippen LogP contribution < -0.4 is 11.3 Å². The van der Waals surface area contributed by atoms with Gasteiger partial charge in [0.05, 0.1) is 16.4 Å². The molecule has 6 nitrogen and oxygen atoms in total. The minimum atomic E-state index is 0.199. The van der Waals surface area contributed by atoms with E-state index < -0.39 is 0 Å². The van der Waals surface area contributed by atoms with Gasteiger partial charge in [-0.1, -0.05) is 25.4 Å². The number of nitrogens with zero attached hydrogens (tertiary/aromatic N) is 4. The number of rotatable bonds is 3. The second kappa shape index (κ2) is 5.14. The minimum Gasteiger partial charge on any atom is -0.308 e. The molecule has 0 atom stereocenters. The molecule has 0 fully saturated rings. The second-order valence-corrected chi connectivity index (χ2v) is 5.03. The minimum absolute atomic E-state index is 0.199. The molecule has 0 spiro atoms. The summed E-state index contributed by atoms with van der Waals surface area (Å²) in [6, 6.07) is 0. The molecular weight excluding hydrogens is 264 g/mol. The lowest BCUT2D eigenvalue weighted by molar-refractivity contribution is 0.753. The molecule has 2 aromatic rings. The summed E-state index contributed by atoms with van der Waals surface area (Å²) in [5.74, 6) is 7.01. The van der Waals surface area contributed by atoms with Crippen molar-refractivity contribution in [1.29, 1.82) is 0 Å². The van der Waals surface area contributed by atoms with E-state index in [4.69, 9.17) is 17.4 Å². The van der Waals surface area contributed by atoms with E-state index in [0.29, 0.717) is 16.7 Å². The van der Waals surface area contributed by atoms with Crippen LogP contribution in [0.2, 0.25) is 5.02 Å². The summed E-state index contributed by atoms with van der Waals surface area (Å²) in [5, 5.41) is 5.07. The number of hydrogen-bond acceptors (Lipinski definition) is 5. The zero-order chi connectivity index (χ0) is 14.2. The Hall–Kier alpha value is -1.66. The van der Waals surface area contributed by atoms with Crippen LogP contribution >= 0.6 is 11.6 Å². The summed E-state index contributed by atoms with van der Waals surface area (Å²) in [7, 11) is 0. The van der Waals surface area contributed by atoms with Crippen LogP contribution in [0.15, 0.2) is 6.33 Å². The number of halogens is 1. The highest BCUT2D eigenvalue weighted by atomic mass is 35.5. The molecule has 102 valence electrons. The van der Waals surface area contributed by atoms with Gasteiger partial charge in [-0.05, 0) is 19.8 Å². The molecule has 0 bridgehead atoms. The normalized spacial score (nSPS) is 11.1. The molecule has 0 aliphatic heterocycles. The fourth-order valence-electron chi connectivity index (χ4n) is 2.03. The summed E-state index contributed by atoms with van der Waals surface area (Å²) in [6.07, 6.45) is 1.46. The van der Waals surface area contributed by atoms with Crippen molar-refractivity contribution in [2.75, 3.05) is 5.43 Å². The summed E-state index contributed by atoms with van der Waals surface area (Å²) in [6.45, 7) is 7.88. The van der Waals surface area contributed by atoms with Gasteiger partial charge in [0, 0.05) is 5.56 Å². The molecular formula is C12H17ClN6. The van der Waals surface area contributed by atoms with Gasteiger partial charge in [0.15, 0.2) is 5.82 Å². The zero-order valence-corrected chi connectivity index (χ0v) is 12.2. The van der Waals surface area contributed by atoms with E-state index in [1.54, 1.807) is 4.68 Å². The number of hydrazine groups is 1. The number of nitrogen functional groups attached to an aromatic ring is 1. The number of hydrogen-bond donors (Lipinski definition) is 2. The highest BCUT2D eigenvalue weighted by molar-refractivity contribution is 6.31. The van der Waals surface area contributed by atoms with Gasteiger partial charge in [-0.3, -0.25) is 0 Å². The average Bonchev–Trinajstić information content (AvgIpc) is 2.65. The number of aromatic nitrogens is 4. The summed E-state index contributed by atoms with van der Waals surface area (Å²) < 4.78 is 1.73. The summed E-state index contributed by atoms with van der Waals surface area (Å²) in [5.41, 5.74) is 5.13. The Morgan fingerprint density at radius 3 is 2.47 bits per heavy atom. The maximum Gasteiger partial charge on any atom is 0.162 e. The van der Waals surface area contributed by atoms with Crippen molar-refractivity contribution < 1.29 is 0 Å². The molecule has 0 radical (unpaired) electrons. The summed E-state index contributed by atoms with van der Waals surface area (Å²) in [4.78, 5) is 8.47. The van der Waals surface area contributed by atoms with Gasteiger partial charge < -0.3 is 5.43 Å². The monoisotopic (exact) mass is 280 g/mol. The van der Waals surface area contributed by atoms with E-state index >= 15 is 0 Å². The quantitative estimate of drug-likeness (QED) is 0.666. The van der Waals surface area contributed by atoms with Crippen molar-refractivity contribution in [2.45, 2.75) is 33.6 Å². The smallest absolute Gasteiger partial charge is 0.162 e. The van der Waals surface area contributed by atoms with Crippen LogP contribution in [0.1, 0.15) is 36.7 Å². The van der Waals surface area contributed by atoms with Crippen molar-refractivity contribution in [3.05, 3.63) is 28.3 Å². The Kier molecular flexibility index (Phi) is 3.73. The van der Waals surface area contributed by atoms with Gasteiger partial charge in [0.2, 0.25) is 0 Å². The molecule has 0 unspecified atom stereocenters. The zero-order valence-electron chi connectivity index (χ0n) is 11.4. The van der Waals surface area contributed by atoms with E-state index in [0.717, 1.165) is 17.0 Å². The first-order valence-electron chi connectivity index (χ1n) is 6.01. The van der Waals surface area contributed by atoms with Crippen LogP contribution in [-0.4, -0.2) is 19.7 Å². The van der Waals surface area contributed by atoms with Crippen LogP contribution in [0.4, 0.5) is 5.82 Å². The van der Waals surface area contributed by atoms with Crippen molar-refractivity contribution in [3.8, 4) is 5.82 Å².